The number of rotatable bonds is 5. The van der Waals surface area contributed by atoms with Crippen LogP contribution in [0.15, 0.2) is 48.8 Å². The van der Waals surface area contributed by atoms with E-state index in [1.807, 2.05) is 18.2 Å². The molecule has 2 aliphatic heterocycles. The SMILES string of the molecule is O=C(NCc1ccncc1)[C@@H]1CN(CC2CC2)[C@H]2c3ccccc3OC[C@@H]12. The molecular formula is C22H25N3O2. The van der Waals surface area contributed by atoms with Gasteiger partial charge in [0, 0.05) is 49.6 Å². The number of pyridine rings is 1. The van der Waals surface area contributed by atoms with Crippen LogP contribution in [0.5, 0.6) is 5.75 Å². The molecule has 27 heavy (non-hydrogen) atoms. The van der Waals surface area contributed by atoms with Gasteiger partial charge in [-0.2, -0.15) is 0 Å². The summed E-state index contributed by atoms with van der Waals surface area (Å²) in [5.74, 6) is 2.12. The molecule has 2 aromatic rings. The van der Waals surface area contributed by atoms with Crippen LogP contribution in [0.25, 0.3) is 0 Å². The van der Waals surface area contributed by atoms with Crippen LogP contribution in [0.4, 0.5) is 0 Å². The zero-order chi connectivity index (χ0) is 18.2. The number of amides is 1. The highest BCUT2D eigenvalue weighted by Gasteiger charge is 2.49. The van der Waals surface area contributed by atoms with Gasteiger partial charge in [-0.05, 0) is 42.5 Å². The third-order valence-corrected chi connectivity index (χ3v) is 6.16. The van der Waals surface area contributed by atoms with Crippen LogP contribution in [0.1, 0.15) is 30.0 Å². The van der Waals surface area contributed by atoms with Gasteiger partial charge in [0.1, 0.15) is 5.75 Å². The van der Waals surface area contributed by atoms with E-state index in [1.54, 1.807) is 12.4 Å². The number of hydrogen-bond donors (Lipinski definition) is 1. The van der Waals surface area contributed by atoms with E-state index in [1.165, 1.54) is 18.4 Å². The minimum atomic E-state index is -0.0241. The zero-order valence-electron chi connectivity index (χ0n) is 15.4. The summed E-state index contributed by atoms with van der Waals surface area (Å²) < 4.78 is 6.03. The molecule has 5 nitrogen and oxygen atoms in total. The Morgan fingerprint density at radius 3 is 2.81 bits per heavy atom. The van der Waals surface area contributed by atoms with Gasteiger partial charge in [-0.15, -0.1) is 0 Å². The average Bonchev–Trinajstić information content (AvgIpc) is 3.46. The normalized spacial score (nSPS) is 26.7. The van der Waals surface area contributed by atoms with Crippen LogP contribution in [0.2, 0.25) is 0 Å². The van der Waals surface area contributed by atoms with Gasteiger partial charge in [-0.1, -0.05) is 18.2 Å². The van der Waals surface area contributed by atoms with E-state index in [4.69, 9.17) is 4.74 Å². The lowest BCUT2D eigenvalue weighted by Crippen LogP contribution is -2.37. The minimum Gasteiger partial charge on any atom is -0.493 e. The lowest BCUT2D eigenvalue weighted by Gasteiger charge is -2.34. The van der Waals surface area contributed by atoms with E-state index < -0.39 is 0 Å². The van der Waals surface area contributed by atoms with E-state index in [2.05, 4.69) is 33.4 Å². The Labute approximate surface area is 159 Å². The molecule has 0 unspecified atom stereocenters. The molecule has 5 heteroatoms. The summed E-state index contributed by atoms with van der Waals surface area (Å²) in [6.07, 6.45) is 6.17. The fraction of sp³-hybridized carbons (Fsp3) is 0.455. The number of para-hydroxylation sites is 1. The lowest BCUT2D eigenvalue weighted by molar-refractivity contribution is -0.126. The van der Waals surface area contributed by atoms with Crippen molar-refractivity contribution in [3.05, 3.63) is 59.9 Å². The van der Waals surface area contributed by atoms with E-state index >= 15 is 0 Å². The molecule has 1 aliphatic carbocycles. The maximum Gasteiger partial charge on any atom is 0.225 e. The fourth-order valence-electron chi connectivity index (χ4n) is 4.59. The first-order chi connectivity index (χ1) is 13.3. The van der Waals surface area contributed by atoms with Gasteiger partial charge in [0.25, 0.3) is 0 Å². The highest BCUT2D eigenvalue weighted by molar-refractivity contribution is 5.80. The molecule has 3 atom stereocenters. The van der Waals surface area contributed by atoms with Crippen molar-refractivity contribution < 1.29 is 9.53 Å². The molecule has 1 N–H and O–H groups in total. The number of nitrogens with zero attached hydrogens (tertiary/aromatic N) is 2. The van der Waals surface area contributed by atoms with Crippen molar-refractivity contribution in [2.45, 2.75) is 25.4 Å². The van der Waals surface area contributed by atoms with Crippen LogP contribution in [-0.4, -0.2) is 35.5 Å². The first-order valence-electron chi connectivity index (χ1n) is 9.92. The number of hydrogen-bond acceptors (Lipinski definition) is 4. The highest BCUT2D eigenvalue weighted by atomic mass is 16.5. The van der Waals surface area contributed by atoms with Gasteiger partial charge in [0.2, 0.25) is 5.91 Å². The van der Waals surface area contributed by atoms with Crippen molar-refractivity contribution in [2.75, 3.05) is 19.7 Å². The molecule has 1 saturated carbocycles. The number of carbonyl (C=O) groups excluding carboxylic acids is 1. The zero-order valence-corrected chi connectivity index (χ0v) is 15.4. The molecule has 1 aromatic carbocycles. The highest BCUT2D eigenvalue weighted by Crippen LogP contribution is 2.48. The molecule has 1 amide bonds. The van der Waals surface area contributed by atoms with Crippen molar-refractivity contribution in [2.24, 2.45) is 17.8 Å². The van der Waals surface area contributed by atoms with Gasteiger partial charge >= 0.3 is 0 Å². The fourth-order valence-corrected chi connectivity index (χ4v) is 4.59. The Hall–Kier alpha value is -2.40. The van der Waals surface area contributed by atoms with Crippen molar-refractivity contribution in [3.8, 4) is 5.75 Å². The van der Waals surface area contributed by atoms with Gasteiger partial charge in [-0.25, -0.2) is 0 Å². The van der Waals surface area contributed by atoms with E-state index in [9.17, 15) is 4.79 Å². The number of ether oxygens (including phenoxy) is 1. The number of benzene rings is 1. The quantitative estimate of drug-likeness (QED) is 0.888. The molecule has 1 aromatic heterocycles. The summed E-state index contributed by atoms with van der Waals surface area (Å²) in [6.45, 7) is 3.10. The maximum absolute atomic E-state index is 13.0. The van der Waals surface area contributed by atoms with Gasteiger partial charge in [-0.3, -0.25) is 14.7 Å². The summed E-state index contributed by atoms with van der Waals surface area (Å²) in [5.41, 5.74) is 2.33. The predicted molar refractivity (Wildman–Crippen MR) is 102 cm³/mol. The Kier molecular flexibility index (Phi) is 4.32. The van der Waals surface area contributed by atoms with Crippen molar-refractivity contribution in [3.63, 3.8) is 0 Å². The first-order valence-corrected chi connectivity index (χ1v) is 9.92. The molecule has 2 fully saturated rings. The molecule has 5 rings (SSSR count). The van der Waals surface area contributed by atoms with E-state index in [0.29, 0.717) is 19.2 Å². The van der Waals surface area contributed by atoms with Crippen LogP contribution in [-0.2, 0) is 11.3 Å². The van der Waals surface area contributed by atoms with Crippen LogP contribution in [0.3, 0.4) is 0 Å². The van der Waals surface area contributed by atoms with Crippen molar-refractivity contribution >= 4 is 5.91 Å². The van der Waals surface area contributed by atoms with Crippen molar-refractivity contribution in [1.82, 2.24) is 15.2 Å². The standard InChI is InChI=1S/C22H25N3O2/c26-22(24-11-15-7-9-23-10-8-15)18-13-25(12-16-5-6-16)21-17-3-1-2-4-20(17)27-14-19(18)21/h1-4,7-10,16,18-19,21H,5-6,11-14H2,(H,24,26)/t18-,19+,21+/m1/s1. The number of fused-ring (bicyclic) bond motifs is 3. The van der Waals surface area contributed by atoms with E-state index in [-0.39, 0.29) is 17.7 Å². The monoisotopic (exact) mass is 363 g/mol. The summed E-state index contributed by atoms with van der Waals surface area (Å²) >= 11 is 0. The second-order valence-corrected chi connectivity index (χ2v) is 8.03. The maximum atomic E-state index is 13.0. The summed E-state index contributed by atoms with van der Waals surface area (Å²) in [5, 5.41) is 3.14. The topological polar surface area (TPSA) is 54.5 Å². The largest absolute Gasteiger partial charge is 0.493 e. The summed E-state index contributed by atoms with van der Waals surface area (Å²) in [6, 6.07) is 12.5. The predicted octanol–water partition coefficient (Wildman–Crippen LogP) is 2.79. The first kappa shape index (κ1) is 16.8. The second-order valence-electron chi connectivity index (χ2n) is 8.03. The Bertz CT molecular complexity index is 821. The number of aromatic nitrogens is 1. The smallest absolute Gasteiger partial charge is 0.225 e. The molecular weight excluding hydrogens is 338 g/mol. The van der Waals surface area contributed by atoms with Gasteiger partial charge in [0.05, 0.1) is 12.5 Å². The summed E-state index contributed by atoms with van der Waals surface area (Å²) in [7, 11) is 0. The van der Waals surface area contributed by atoms with Crippen molar-refractivity contribution in [1.29, 1.82) is 0 Å². The molecule has 3 heterocycles. The van der Waals surface area contributed by atoms with Crippen LogP contribution < -0.4 is 10.1 Å². The third-order valence-electron chi connectivity index (χ3n) is 6.16. The Morgan fingerprint density at radius 2 is 2.00 bits per heavy atom. The Morgan fingerprint density at radius 1 is 1.19 bits per heavy atom. The van der Waals surface area contributed by atoms with Gasteiger partial charge in [0.15, 0.2) is 0 Å². The molecule has 0 spiro atoms. The molecule has 0 radical (unpaired) electrons. The number of likely N-dealkylation sites (tertiary alicyclic amines) is 1. The third kappa shape index (κ3) is 3.32. The second kappa shape index (κ2) is 6.97. The molecule has 0 bridgehead atoms. The van der Waals surface area contributed by atoms with E-state index in [0.717, 1.165) is 30.3 Å². The van der Waals surface area contributed by atoms with Crippen LogP contribution >= 0.6 is 0 Å². The summed E-state index contributed by atoms with van der Waals surface area (Å²) in [4.78, 5) is 19.6. The number of carbonyl (C=O) groups is 1. The Balaban J connectivity index is 1.35. The van der Waals surface area contributed by atoms with Gasteiger partial charge < -0.3 is 10.1 Å². The average molecular weight is 363 g/mol. The molecule has 1 saturated heterocycles. The lowest BCUT2D eigenvalue weighted by atomic mass is 9.85. The molecule has 3 aliphatic rings. The number of nitrogens with one attached hydrogen (secondary N) is 1. The molecule has 140 valence electrons. The minimum absolute atomic E-state index is 0.0241. The van der Waals surface area contributed by atoms with Crippen LogP contribution in [0, 0.1) is 17.8 Å².